The van der Waals surface area contributed by atoms with E-state index in [1.807, 2.05) is 13.0 Å². The third kappa shape index (κ3) is 2.82. The molecule has 7 heteroatoms. The van der Waals surface area contributed by atoms with E-state index in [0.29, 0.717) is 22.4 Å². The fourth-order valence-electron chi connectivity index (χ4n) is 1.91. The first-order chi connectivity index (χ1) is 10.6. The molecule has 0 aliphatic carbocycles. The molecule has 0 unspecified atom stereocenters. The quantitative estimate of drug-likeness (QED) is 0.594. The highest BCUT2D eigenvalue weighted by molar-refractivity contribution is 6.31. The number of nitrogens with one attached hydrogen (secondary N) is 1. The summed E-state index contributed by atoms with van der Waals surface area (Å²) in [6, 6.07) is 5.44. The largest absolute Gasteiger partial charge is 0.463 e. The Bertz CT molecular complexity index is 921. The smallest absolute Gasteiger partial charge is 0.201 e. The minimum absolute atomic E-state index is 0.152. The van der Waals surface area contributed by atoms with Crippen LogP contribution in [-0.4, -0.2) is 16.2 Å². The number of fused-ring (bicyclic) bond motifs is 1. The van der Waals surface area contributed by atoms with Crippen LogP contribution in [0.15, 0.2) is 51.2 Å². The first-order valence-electron chi connectivity index (χ1n) is 6.43. The molecule has 22 heavy (non-hydrogen) atoms. The molecule has 110 valence electrons. The summed E-state index contributed by atoms with van der Waals surface area (Å²) < 4.78 is 5.43. The van der Waals surface area contributed by atoms with Gasteiger partial charge in [-0.3, -0.25) is 10.2 Å². The van der Waals surface area contributed by atoms with Crippen molar-refractivity contribution < 1.29 is 4.42 Å². The van der Waals surface area contributed by atoms with E-state index in [0.717, 1.165) is 5.56 Å². The molecule has 0 saturated carbocycles. The molecule has 1 N–H and O–H groups in total. The molecule has 0 saturated heterocycles. The van der Waals surface area contributed by atoms with Crippen LogP contribution in [-0.2, 0) is 0 Å². The molecule has 0 amide bonds. The maximum absolute atomic E-state index is 12.4. The molecule has 0 bridgehead atoms. The third-order valence-corrected chi connectivity index (χ3v) is 3.26. The Morgan fingerprint density at radius 2 is 2.14 bits per heavy atom. The van der Waals surface area contributed by atoms with Crippen molar-refractivity contribution in [1.29, 1.82) is 0 Å². The van der Waals surface area contributed by atoms with Gasteiger partial charge < -0.3 is 4.42 Å². The van der Waals surface area contributed by atoms with E-state index in [1.165, 1.54) is 24.9 Å². The number of halogens is 1. The van der Waals surface area contributed by atoms with E-state index in [1.54, 1.807) is 12.1 Å². The lowest BCUT2D eigenvalue weighted by atomic mass is 10.1. The highest BCUT2D eigenvalue weighted by Crippen LogP contribution is 2.14. The summed E-state index contributed by atoms with van der Waals surface area (Å²) in [6.07, 6.45) is 5.68. The summed E-state index contributed by atoms with van der Waals surface area (Å²) in [5, 5.41) is 4.65. The second-order valence-electron chi connectivity index (χ2n) is 4.59. The first kappa shape index (κ1) is 14.2. The maximum atomic E-state index is 12.4. The molecular weight excluding hydrogens is 304 g/mol. The van der Waals surface area contributed by atoms with Crippen molar-refractivity contribution >= 4 is 34.6 Å². The average molecular weight is 315 g/mol. The van der Waals surface area contributed by atoms with Gasteiger partial charge in [0.05, 0.1) is 17.2 Å². The van der Waals surface area contributed by atoms with E-state index in [4.69, 9.17) is 16.0 Å². The lowest BCUT2D eigenvalue weighted by molar-refractivity contribution is 0.601. The number of aromatic nitrogens is 2. The van der Waals surface area contributed by atoms with Gasteiger partial charge in [0.1, 0.15) is 11.8 Å². The number of rotatable bonds is 3. The number of hydrazone groups is 1. The standard InChI is InChI=1S/C15H11ClN4O2/c1-9-2-3-12-11(6-9)13(21)10(8-22-12)7-19-20-15-14(16)17-4-5-18-15/h2-8H,1H3,(H,18,20)/b19-7+. The first-order valence-corrected chi connectivity index (χ1v) is 6.81. The van der Waals surface area contributed by atoms with E-state index < -0.39 is 0 Å². The highest BCUT2D eigenvalue weighted by atomic mass is 35.5. The van der Waals surface area contributed by atoms with Crippen molar-refractivity contribution in [2.24, 2.45) is 5.10 Å². The van der Waals surface area contributed by atoms with Crippen LogP contribution in [0.3, 0.4) is 0 Å². The summed E-state index contributed by atoms with van der Waals surface area (Å²) in [5.41, 5.74) is 4.33. The van der Waals surface area contributed by atoms with E-state index in [2.05, 4.69) is 20.5 Å². The van der Waals surface area contributed by atoms with Crippen molar-refractivity contribution in [3.63, 3.8) is 0 Å². The Hall–Kier alpha value is -2.73. The number of nitrogens with zero attached hydrogens (tertiary/aromatic N) is 3. The van der Waals surface area contributed by atoms with Gasteiger partial charge in [-0.1, -0.05) is 23.2 Å². The predicted octanol–water partition coefficient (Wildman–Crippen LogP) is 2.99. The van der Waals surface area contributed by atoms with Gasteiger partial charge in [0.25, 0.3) is 0 Å². The summed E-state index contributed by atoms with van der Waals surface area (Å²) >= 11 is 5.84. The average Bonchev–Trinajstić information content (AvgIpc) is 2.52. The Labute approximate surface area is 130 Å². The summed E-state index contributed by atoms with van der Waals surface area (Å²) in [5.74, 6) is 0.307. The van der Waals surface area contributed by atoms with Gasteiger partial charge in [-0.2, -0.15) is 5.10 Å². The fraction of sp³-hybridized carbons (Fsp3) is 0.0667. The second-order valence-corrected chi connectivity index (χ2v) is 4.94. The number of hydrogen-bond donors (Lipinski definition) is 1. The van der Waals surface area contributed by atoms with Crippen molar-refractivity contribution in [1.82, 2.24) is 9.97 Å². The van der Waals surface area contributed by atoms with Gasteiger partial charge in [0, 0.05) is 12.4 Å². The Morgan fingerprint density at radius 3 is 2.95 bits per heavy atom. The molecule has 0 radical (unpaired) electrons. The van der Waals surface area contributed by atoms with E-state index >= 15 is 0 Å². The topological polar surface area (TPSA) is 80.4 Å². The van der Waals surface area contributed by atoms with Crippen LogP contribution in [0.5, 0.6) is 0 Å². The van der Waals surface area contributed by atoms with Gasteiger partial charge >= 0.3 is 0 Å². The third-order valence-electron chi connectivity index (χ3n) is 2.98. The molecule has 0 aliphatic heterocycles. The predicted molar refractivity (Wildman–Crippen MR) is 85.5 cm³/mol. The Morgan fingerprint density at radius 1 is 1.32 bits per heavy atom. The molecule has 2 heterocycles. The van der Waals surface area contributed by atoms with Crippen LogP contribution < -0.4 is 10.9 Å². The molecule has 1 aromatic carbocycles. The van der Waals surface area contributed by atoms with Crippen molar-refractivity contribution in [3.8, 4) is 0 Å². The van der Waals surface area contributed by atoms with Crippen molar-refractivity contribution in [2.75, 3.05) is 5.43 Å². The SMILES string of the molecule is Cc1ccc2occ(/C=N/Nc3nccnc3Cl)c(=O)c2c1. The molecule has 2 aromatic heterocycles. The van der Waals surface area contributed by atoms with Crippen molar-refractivity contribution in [3.05, 3.63) is 63.4 Å². The van der Waals surface area contributed by atoms with Crippen LogP contribution in [0.1, 0.15) is 11.1 Å². The Kier molecular flexibility index (Phi) is 3.84. The van der Waals surface area contributed by atoms with E-state index in [9.17, 15) is 4.79 Å². The summed E-state index contributed by atoms with van der Waals surface area (Å²) in [6.45, 7) is 1.91. The molecule has 0 spiro atoms. The van der Waals surface area contributed by atoms with Crippen LogP contribution in [0, 0.1) is 6.92 Å². The highest BCUT2D eigenvalue weighted by Gasteiger charge is 2.05. The molecule has 3 rings (SSSR count). The molecule has 6 nitrogen and oxygen atoms in total. The fourth-order valence-corrected chi connectivity index (χ4v) is 2.06. The van der Waals surface area contributed by atoms with Gasteiger partial charge in [-0.15, -0.1) is 0 Å². The summed E-state index contributed by atoms with van der Waals surface area (Å²) in [7, 11) is 0. The number of hydrogen-bond acceptors (Lipinski definition) is 6. The lowest BCUT2D eigenvalue weighted by Gasteiger charge is -2.01. The van der Waals surface area contributed by atoms with Crippen LogP contribution in [0.4, 0.5) is 5.82 Å². The number of anilines is 1. The van der Waals surface area contributed by atoms with Crippen LogP contribution in [0.2, 0.25) is 5.15 Å². The van der Waals surface area contributed by atoms with Gasteiger partial charge in [0.2, 0.25) is 5.43 Å². The van der Waals surface area contributed by atoms with E-state index in [-0.39, 0.29) is 10.6 Å². The van der Waals surface area contributed by atoms with Gasteiger partial charge in [-0.25, -0.2) is 9.97 Å². The molecule has 0 aliphatic rings. The second kappa shape index (κ2) is 5.95. The lowest BCUT2D eigenvalue weighted by Crippen LogP contribution is -2.09. The monoisotopic (exact) mass is 314 g/mol. The maximum Gasteiger partial charge on any atom is 0.201 e. The minimum Gasteiger partial charge on any atom is -0.463 e. The molecular formula is C15H11ClN4O2. The number of benzene rings is 1. The minimum atomic E-state index is -0.152. The van der Waals surface area contributed by atoms with Crippen LogP contribution in [0.25, 0.3) is 11.0 Å². The molecule has 3 aromatic rings. The van der Waals surface area contributed by atoms with Gasteiger partial charge in [-0.05, 0) is 19.1 Å². The summed E-state index contributed by atoms with van der Waals surface area (Å²) in [4.78, 5) is 20.2. The van der Waals surface area contributed by atoms with Crippen LogP contribution >= 0.6 is 11.6 Å². The van der Waals surface area contributed by atoms with Crippen molar-refractivity contribution in [2.45, 2.75) is 6.92 Å². The zero-order valence-corrected chi connectivity index (χ0v) is 12.3. The Balaban J connectivity index is 1.91. The molecule has 0 atom stereocenters. The normalized spacial score (nSPS) is 11.2. The molecule has 0 fully saturated rings. The zero-order valence-electron chi connectivity index (χ0n) is 11.6. The zero-order chi connectivity index (χ0) is 15.5. The van der Waals surface area contributed by atoms with Gasteiger partial charge in [0.15, 0.2) is 11.0 Å². The number of aryl methyl sites for hydroxylation is 1.